The second-order valence-electron chi connectivity index (χ2n) is 9.94. The summed E-state index contributed by atoms with van der Waals surface area (Å²) in [7, 11) is -2.92. The first-order valence-corrected chi connectivity index (χ1v) is 12.9. The lowest BCUT2D eigenvalue weighted by Crippen LogP contribution is -2.59. The number of hydrogen-bond acceptors (Lipinski definition) is 7. The van der Waals surface area contributed by atoms with E-state index in [4.69, 9.17) is 0 Å². The highest BCUT2D eigenvalue weighted by molar-refractivity contribution is 7.89. The van der Waals surface area contributed by atoms with Gasteiger partial charge in [-0.25, -0.2) is 13.9 Å². The highest BCUT2D eigenvalue weighted by Crippen LogP contribution is 2.24. The lowest BCUT2D eigenvalue weighted by molar-refractivity contribution is -0.139. The number of sulfonamides is 1. The molecule has 0 saturated carbocycles. The van der Waals surface area contributed by atoms with Crippen molar-refractivity contribution in [1.29, 1.82) is 0 Å². The third kappa shape index (κ3) is 8.88. The highest BCUT2D eigenvalue weighted by atomic mass is 32.2. The van der Waals surface area contributed by atoms with E-state index in [0.717, 1.165) is 0 Å². The summed E-state index contributed by atoms with van der Waals surface area (Å²) in [5.41, 5.74) is 1.10. The van der Waals surface area contributed by atoms with Crippen LogP contribution in [-0.4, -0.2) is 56.4 Å². The SMILES string of the molecule is CNC(=O)[C@@H](NC(=O)[C@H](CC(C)C)[C@H](NS(=O)(=O)c1ccc(NC(C)=O)cc1)C(=O)NO)C(C)(C)C. The molecule has 13 heteroatoms. The van der Waals surface area contributed by atoms with Crippen LogP contribution in [0.5, 0.6) is 0 Å². The van der Waals surface area contributed by atoms with Crippen LogP contribution in [0.3, 0.4) is 0 Å². The zero-order chi connectivity index (χ0) is 27.8. The van der Waals surface area contributed by atoms with E-state index >= 15 is 0 Å². The fourth-order valence-corrected chi connectivity index (χ4v) is 4.75. The van der Waals surface area contributed by atoms with Crippen molar-refractivity contribution in [2.24, 2.45) is 17.3 Å². The number of nitrogens with one attached hydrogen (secondary N) is 5. The van der Waals surface area contributed by atoms with Gasteiger partial charge in [0.2, 0.25) is 27.7 Å². The summed E-state index contributed by atoms with van der Waals surface area (Å²) in [6.07, 6.45) is 0.0680. The average molecular weight is 528 g/mol. The molecule has 1 aromatic carbocycles. The molecular formula is C23H37N5O7S. The molecule has 0 aliphatic carbocycles. The number of hydrogen-bond donors (Lipinski definition) is 6. The van der Waals surface area contributed by atoms with Crippen LogP contribution in [-0.2, 0) is 29.2 Å². The third-order valence-electron chi connectivity index (χ3n) is 5.29. The van der Waals surface area contributed by atoms with Crippen LogP contribution >= 0.6 is 0 Å². The topological polar surface area (TPSA) is 183 Å². The molecule has 1 rings (SSSR count). The summed E-state index contributed by atoms with van der Waals surface area (Å²) in [5, 5.41) is 17.0. The first kappa shape index (κ1) is 31.0. The lowest BCUT2D eigenvalue weighted by atomic mass is 9.84. The molecule has 36 heavy (non-hydrogen) atoms. The molecular weight excluding hydrogens is 490 g/mol. The molecule has 0 saturated heterocycles. The van der Waals surface area contributed by atoms with Crippen molar-refractivity contribution in [1.82, 2.24) is 20.8 Å². The van der Waals surface area contributed by atoms with Crippen molar-refractivity contribution >= 4 is 39.3 Å². The van der Waals surface area contributed by atoms with Crippen molar-refractivity contribution in [2.75, 3.05) is 12.4 Å². The maximum Gasteiger partial charge on any atom is 0.262 e. The number of anilines is 1. The third-order valence-corrected chi connectivity index (χ3v) is 6.74. The van der Waals surface area contributed by atoms with Gasteiger partial charge in [0.05, 0.1) is 10.8 Å². The van der Waals surface area contributed by atoms with E-state index in [-0.39, 0.29) is 23.1 Å². The second-order valence-corrected chi connectivity index (χ2v) is 11.7. The minimum absolute atomic E-state index is 0.0680. The predicted molar refractivity (Wildman–Crippen MR) is 133 cm³/mol. The largest absolute Gasteiger partial charge is 0.357 e. The molecule has 0 heterocycles. The predicted octanol–water partition coefficient (Wildman–Crippen LogP) is 0.737. The van der Waals surface area contributed by atoms with Crippen molar-refractivity contribution in [3.8, 4) is 0 Å². The molecule has 12 nitrogen and oxygen atoms in total. The minimum atomic E-state index is -4.35. The quantitative estimate of drug-likeness (QED) is 0.181. The zero-order valence-corrected chi connectivity index (χ0v) is 22.4. The molecule has 1 aromatic rings. The molecule has 0 unspecified atom stereocenters. The fraction of sp³-hybridized carbons (Fsp3) is 0.565. The van der Waals surface area contributed by atoms with E-state index in [1.165, 1.54) is 43.7 Å². The maximum atomic E-state index is 13.4. The Hall–Kier alpha value is -3.03. The number of carbonyl (C=O) groups excluding carboxylic acids is 4. The molecule has 0 radical (unpaired) electrons. The van der Waals surface area contributed by atoms with Gasteiger partial charge < -0.3 is 16.0 Å². The van der Waals surface area contributed by atoms with Crippen molar-refractivity contribution in [2.45, 2.75) is 64.9 Å². The van der Waals surface area contributed by atoms with Crippen LogP contribution in [0.2, 0.25) is 0 Å². The summed E-state index contributed by atoms with van der Waals surface area (Å²) in [6.45, 7) is 10.1. The Labute approximate surface area is 212 Å². The lowest BCUT2D eigenvalue weighted by Gasteiger charge is -2.33. The van der Waals surface area contributed by atoms with Gasteiger partial charge in [0.15, 0.2) is 0 Å². The molecule has 0 bridgehead atoms. The Balaban J connectivity index is 3.38. The van der Waals surface area contributed by atoms with E-state index in [0.29, 0.717) is 5.69 Å². The van der Waals surface area contributed by atoms with Gasteiger partial charge in [-0.3, -0.25) is 24.4 Å². The smallest absolute Gasteiger partial charge is 0.262 e. The first-order valence-electron chi connectivity index (χ1n) is 11.4. The van der Waals surface area contributed by atoms with Gasteiger partial charge in [-0.05, 0) is 42.0 Å². The Morgan fingerprint density at radius 1 is 0.972 bits per heavy atom. The minimum Gasteiger partial charge on any atom is -0.357 e. The van der Waals surface area contributed by atoms with Crippen molar-refractivity contribution in [3.05, 3.63) is 24.3 Å². The Bertz CT molecular complexity index is 1050. The summed E-state index contributed by atoms with van der Waals surface area (Å²) in [4.78, 5) is 49.4. The Kier molecular flexibility index (Phi) is 11.0. The molecule has 0 spiro atoms. The standard InChI is InChI=1S/C23H37N5O7S/c1-13(2)12-17(20(30)26-19(22(32)24-7)23(4,5)6)18(21(31)27-33)28-36(34,35)16-10-8-15(9-11-16)25-14(3)29/h8-11,13,17-19,28,33H,12H2,1-7H3,(H,24,32)(H,25,29)(H,26,30)(H,27,31)/t17-,18+,19-/m1/s1. The van der Waals surface area contributed by atoms with Crippen LogP contribution in [0.15, 0.2) is 29.2 Å². The van der Waals surface area contributed by atoms with Crippen LogP contribution in [0.25, 0.3) is 0 Å². The molecule has 0 fully saturated rings. The molecule has 4 amide bonds. The molecule has 0 aliphatic heterocycles. The van der Waals surface area contributed by atoms with E-state index in [9.17, 15) is 32.8 Å². The average Bonchev–Trinajstić information content (AvgIpc) is 2.77. The molecule has 0 aromatic heterocycles. The van der Waals surface area contributed by atoms with Crippen molar-refractivity contribution in [3.63, 3.8) is 0 Å². The summed E-state index contributed by atoms with van der Waals surface area (Å²) < 4.78 is 28.4. The summed E-state index contributed by atoms with van der Waals surface area (Å²) in [5.74, 6) is -4.08. The highest BCUT2D eigenvalue weighted by Gasteiger charge is 2.40. The molecule has 0 aliphatic rings. The van der Waals surface area contributed by atoms with Crippen molar-refractivity contribution < 1.29 is 32.8 Å². The maximum absolute atomic E-state index is 13.4. The number of benzene rings is 1. The number of rotatable bonds is 11. The van der Waals surface area contributed by atoms with Gasteiger partial charge in [0, 0.05) is 19.7 Å². The first-order chi connectivity index (χ1) is 16.5. The number of carbonyl (C=O) groups is 4. The normalized spacial score (nSPS) is 14.4. The van der Waals surface area contributed by atoms with Crippen LogP contribution < -0.4 is 26.2 Å². The van der Waals surface area contributed by atoms with E-state index < -0.39 is 51.2 Å². The van der Waals surface area contributed by atoms with Crippen LogP contribution in [0.1, 0.15) is 48.0 Å². The summed E-state index contributed by atoms with van der Waals surface area (Å²) >= 11 is 0. The molecule has 3 atom stereocenters. The Morgan fingerprint density at radius 3 is 1.94 bits per heavy atom. The van der Waals surface area contributed by atoms with Gasteiger partial charge in [0.1, 0.15) is 12.1 Å². The van der Waals surface area contributed by atoms with E-state index in [1.54, 1.807) is 34.6 Å². The molecule has 202 valence electrons. The summed E-state index contributed by atoms with van der Waals surface area (Å²) in [6, 6.07) is 2.52. The number of likely N-dealkylation sites (N-methyl/N-ethyl adjacent to an activating group) is 1. The number of amides is 4. The fourth-order valence-electron chi connectivity index (χ4n) is 3.52. The molecule has 6 N–H and O–H groups in total. The number of hydroxylamine groups is 1. The van der Waals surface area contributed by atoms with Crippen LogP contribution in [0, 0.1) is 17.3 Å². The van der Waals surface area contributed by atoms with Gasteiger partial charge in [0.25, 0.3) is 5.91 Å². The van der Waals surface area contributed by atoms with Gasteiger partial charge >= 0.3 is 0 Å². The Morgan fingerprint density at radius 2 is 1.53 bits per heavy atom. The van der Waals surface area contributed by atoms with E-state index in [2.05, 4.69) is 20.7 Å². The van der Waals surface area contributed by atoms with Gasteiger partial charge in [-0.15, -0.1) is 0 Å². The zero-order valence-electron chi connectivity index (χ0n) is 21.6. The second kappa shape index (κ2) is 12.8. The van der Waals surface area contributed by atoms with Gasteiger partial charge in [-0.2, -0.15) is 4.72 Å². The monoisotopic (exact) mass is 527 g/mol. The van der Waals surface area contributed by atoms with Crippen LogP contribution in [0.4, 0.5) is 5.69 Å². The van der Waals surface area contributed by atoms with Gasteiger partial charge in [-0.1, -0.05) is 34.6 Å². The van der Waals surface area contributed by atoms with E-state index in [1.807, 2.05) is 0 Å².